The van der Waals surface area contributed by atoms with Crippen molar-refractivity contribution in [2.24, 2.45) is 0 Å². The largest absolute Gasteiger partial charge is 0.304 e. The molecule has 0 saturated carbocycles. The zero-order valence-corrected chi connectivity index (χ0v) is 10.8. The molecule has 2 aromatic rings. The van der Waals surface area contributed by atoms with Gasteiger partial charge >= 0.3 is 0 Å². The molecule has 5 heteroatoms. The van der Waals surface area contributed by atoms with Gasteiger partial charge in [0, 0.05) is 24.3 Å². The minimum atomic E-state index is -0.830. The second-order valence-corrected chi connectivity index (χ2v) is 4.34. The second kappa shape index (κ2) is 5.84. The van der Waals surface area contributed by atoms with E-state index in [0.717, 1.165) is 11.8 Å². The van der Waals surface area contributed by atoms with E-state index in [4.69, 9.17) is 0 Å². The predicted octanol–water partition coefficient (Wildman–Crippen LogP) is 2.91. The maximum atomic E-state index is 13.6. The molecule has 0 saturated heterocycles. The molecule has 0 bridgehead atoms. The molecular formula is C14H15F2N3. The minimum Gasteiger partial charge on any atom is -0.304 e. The van der Waals surface area contributed by atoms with Crippen LogP contribution in [-0.2, 0) is 6.54 Å². The Labute approximate surface area is 110 Å². The quantitative estimate of drug-likeness (QED) is 0.921. The summed E-state index contributed by atoms with van der Waals surface area (Å²) in [7, 11) is 0. The lowest BCUT2D eigenvalue weighted by Crippen LogP contribution is -2.20. The summed E-state index contributed by atoms with van der Waals surface area (Å²) in [5, 5.41) is 3.11. The van der Waals surface area contributed by atoms with E-state index in [1.54, 1.807) is 32.2 Å². The molecule has 0 aliphatic heterocycles. The van der Waals surface area contributed by atoms with E-state index in [9.17, 15) is 8.78 Å². The standard InChI is InChI=1S/C14H15F2N3/c1-9(12-4-3-5-13(15)14(12)16)18-8-11-6-7-17-10(2)19-11/h3-7,9,18H,8H2,1-2H3. The van der Waals surface area contributed by atoms with Crippen LogP contribution >= 0.6 is 0 Å². The number of halogens is 2. The number of aromatic nitrogens is 2. The van der Waals surface area contributed by atoms with E-state index in [1.165, 1.54) is 6.07 Å². The Morgan fingerprint density at radius 1 is 1.26 bits per heavy atom. The van der Waals surface area contributed by atoms with Gasteiger partial charge in [0.15, 0.2) is 11.6 Å². The maximum absolute atomic E-state index is 13.6. The summed E-state index contributed by atoms with van der Waals surface area (Å²) in [4.78, 5) is 8.24. The Balaban J connectivity index is 2.05. The number of nitrogens with zero attached hydrogens (tertiary/aromatic N) is 2. The normalized spacial score (nSPS) is 12.4. The average molecular weight is 263 g/mol. The van der Waals surface area contributed by atoms with E-state index < -0.39 is 11.6 Å². The minimum absolute atomic E-state index is 0.300. The van der Waals surface area contributed by atoms with E-state index in [-0.39, 0.29) is 6.04 Å². The van der Waals surface area contributed by atoms with E-state index in [1.807, 2.05) is 0 Å². The number of aryl methyl sites for hydroxylation is 1. The zero-order chi connectivity index (χ0) is 13.8. The summed E-state index contributed by atoms with van der Waals surface area (Å²) in [6.45, 7) is 4.06. The smallest absolute Gasteiger partial charge is 0.163 e. The van der Waals surface area contributed by atoms with Crippen molar-refractivity contribution in [3.63, 3.8) is 0 Å². The second-order valence-electron chi connectivity index (χ2n) is 4.34. The first-order chi connectivity index (χ1) is 9.08. The van der Waals surface area contributed by atoms with E-state index >= 15 is 0 Å². The summed E-state index contributed by atoms with van der Waals surface area (Å²) in [5.41, 5.74) is 1.13. The Hall–Kier alpha value is -1.88. The van der Waals surface area contributed by atoms with Gasteiger partial charge in [-0.3, -0.25) is 0 Å². The van der Waals surface area contributed by atoms with Gasteiger partial charge in [-0.2, -0.15) is 0 Å². The van der Waals surface area contributed by atoms with Crippen LogP contribution in [0.4, 0.5) is 8.78 Å². The SMILES string of the molecule is Cc1nccc(CNC(C)c2cccc(F)c2F)n1. The molecule has 1 aromatic carbocycles. The maximum Gasteiger partial charge on any atom is 0.163 e. The van der Waals surface area contributed by atoms with Gasteiger partial charge in [-0.25, -0.2) is 18.7 Å². The van der Waals surface area contributed by atoms with Gasteiger partial charge in [-0.05, 0) is 26.0 Å². The average Bonchev–Trinajstić information content (AvgIpc) is 2.39. The predicted molar refractivity (Wildman–Crippen MR) is 68.4 cm³/mol. The Morgan fingerprint density at radius 3 is 2.79 bits per heavy atom. The zero-order valence-electron chi connectivity index (χ0n) is 10.8. The molecule has 0 aliphatic rings. The van der Waals surface area contributed by atoms with Crippen molar-refractivity contribution < 1.29 is 8.78 Å². The van der Waals surface area contributed by atoms with Crippen LogP contribution in [0, 0.1) is 18.6 Å². The highest BCUT2D eigenvalue weighted by molar-refractivity contribution is 5.22. The van der Waals surface area contributed by atoms with Gasteiger partial charge in [0.2, 0.25) is 0 Å². The van der Waals surface area contributed by atoms with Crippen LogP contribution in [0.25, 0.3) is 0 Å². The topological polar surface area (TPSA) is 37.8 Å². The highest BCUT2D eigenvalue weighted by Crippen LogP contribution is 2.19. The molecule has 0 fully saturated rings. The molecular weight excluding hydrogens is 248 g/mol. The van der Waals surface area contributed by atoms with Gasteiger partial charge in [0.05, 0.1) is 5.69 Å². The van der Waals surface area contributed by atoms with Crippen LogP contribution < -0.4 is 5.32 Å². The third kappa shape index (κ3) is 3.32. The molecule has 1 heterocycles. The lowest BCUT2D eigenvalue weighted by molar-refractivity contribution is 0.471. The summed E-state index contributed by atoms with van der Waals surface area (Å²) >= 11 is 0. The van der Waals surface area contributed by atoms with Crippen molar-refractivity contribution in [2.45, 2.75) is 26.4 Å². The molecule has 1 N–H and O–H groups in total. The van der Waals surface area contributed by atoms with Gasteiger partial charge in [-0.1, -0.05) is 12.1 Å². The Kier molecular flexibility index (Phi) is 4.16. The fourth-order valence-electron chi connectivity index (χ4n) is 1.83. The van der Waals surface area contributed by atoms with E-state index in [2.05, 4.69) is 15.3 Å². The summed E-state index contributed by atoms with van der Waals surface area (Å²) in [5.74, 6) is -0.950. The summed E-state index contributed by atoms with van der Waals surface area (Å²) in [6, 6.07) is 5.67. The summed E-state index contributed by atoms with van der Waals surface area (Å²) < 4.78 is 26.7. The van der Waals surface area contributed by atoms with Crippen LogP contribution in [-0.4, -0.2) is 9.97 Å². The fourth-order valence-corrected chi connectivity index (χ4v) is 1.83. The molecule has 0 spiro atoms. The Bertz CT molecular complexity index is 572. The third-order valence-corrected chi connectivity index (χ3v) is 2.87. The van der Waals surface area contributed by atoms with Crippen LogP contribution in [0.15, 0.2) is 30.5 Å². The lowest BCUT2D eigenvalue weighted by atomic mass is 10.1. The fraction of sp³-hybridized carbons (Fsp3) is 0.286. The molecule has 100 valence electrons. The first kappa shape index (κ1) is 13.5. The number of hydrogen-bond donors (Lipinski definition) is 1. The van der Waals surface area contributed by atoms with Crippen molar-refractivity contribution in [1.82, 2.24) is 15.3 Å². The number of nitrogens with one attached hydrogen (secondary N) is 1. The van der Waals surface area contributed by atoms with Gasteiger partial charge in [0.25, 0.3) is 0 Å². The molecule has 1 aromatic heterocycles. The van der Waals surface area contributed by atoms with Crippen LogP contribution in [0.1, 0.15) is 30.0 Å². The third-order valence-electron chi connectivity index (χ3n) is 2.87. The monoisotopic (exact) mass is 263 g/mol. The van der Waals surface area contributed by atoms with Crippen molar-refractivity contribution in [2.75, 3.05) is 0 Å². The number of hydrogen-bond acceptors (Lipinski definition) is 3. The summed E-state index contributed by atoms with van der Waals surface area (Å²) in [6.07, 6.45) is 1.67. The van der Waals surface area contributed by atoms with Crippen LogP contribution in [0.5, 0.6) is 0 Å². The van der Waals surface area contributed by atoms with Crippen molar-refractivity contribution >= 4 is 0 Å². The van der Waals surface area contributed by atoms with E-state index in [0.29, 0.717) is 17.9 Å². The van der Waals surface area contributed by atoms with Gasteiger partial charge in [-0.15, -0.1) is 0 Å². The first-order valence-corrected chi connectivity index (χ1v) is 6.03. The van der Waals surface area contributed by atoms with Crippen LogP contribution in [0.3, 0.4) is 0 Å². The van der Waals surface area contributed by atoms with Gasteiger partial charge < -0.3 is 5.32 Å². The highest BCUT2D eigenvalue weighted by atomic mass is 19.2. The highest BCUT2D eigenvalue weighted by Gasteiger charge is 2.13. The van der Waals surface area contributed by atoms with Crippen molar-refractivity contribution in [3.8, 4) is 0 Å². The molecule has 3 nitrogen and oxygen atoms in total. The molecule has 2 rings (SSSR count). The first-order valence-electron chi connectivity index (χ1n) is 6.03. The lowest BCUT2D eigenvalue weighted by Gasteiger charge is -2.15. The van der Waals surface area contributed by atoms with Gasteiger partial charge in [0.1, 0.15) is 5.82 Å². The number of benzene rings is 1. The molecule has 0 aliphatic carbocycles. The van der Waals surface area contributed by atoms with Crippen LogP contribution in [0.2, 0.25) is 0 Å². The van der Waals surface area contributed by atoms with Crippen molar-refractivity contribution in [3.05, 3.63) is 59.2 Å². The molecule has 0 amide bonds. The molecule has 0 radical (unpaired) electrons. The number of rotatable bonds is 4. The Morgan fingerprint density at radius 2 is 2.05 bits per heavy atom. The molecule has 1 atom stereocenters. The molecule has 1 unspecified atom stereocenters. The van der Waals surface area contributed by atoms with Crippen molar-refractivity contribution in [1.29, 1.82) is 0 Å². The molecule has 19 heavy (non-hydrogen) atoms.